The van der Waals surface area contributed by atoms with Gasteiger partial charge in [-0.15, -0.1) is 11.8 Å². The van der Waals surface area contributed by atoms with E-state index in [-0.39, 0.29) is 11.2 Å². The Morgan fingerprint density at radius 1 is 1.56 bits per heavy atom. The number of carbonyl (C=O) groups excluding carboxylic acids is 1. The van der Waals surface area contributed by atoms with E-state index < -0.39 is 0 Å². The Morgan fingerprint density at radius 3 is 2.94 bits per heavy atom. The second-order valence-corrected chi connectivity index (χ2v) is 4.78. The first-order chi connectivity index (χ1) is 7.67. The third kappa shape index (κ3) is 3.87. The fraction of sp³-hybridized carbons (Fsp3) is 0.417. The van der Waals surface area contributed by atoms with E-state index in [1.54, 1.807) is 0 Å². The second-order valence-electron chi connectivity index (χ2n) is 3.36. The molecule has 4 heteroatoms. The molecule has 88 valence electrons. The van der Waals surface area contributed by atoms with Gasteiger partial charge in [-0.05, 0) is 31.5 Å². The highest BCUT2D eigenvalue weighted by Gasteiger charge is 2.15. The zero-order valence-electron chi connectivity index (χ0n) is 9.60. The van der Waals surface area contributed by atoms with Gasteiger partial charge in [0.1, 0.15) is 5.25 Å². The first-order valence-electron chi connectivity index (χ1n) is 5.29. The predicted octanol–water partition coefficient (Wildman–Crippen LogP) is 2.19. The lowest BCUT2D eigenvalue weighted by Crippen LogP contribution is -2.16. The van der Waals surface area contributed by atoms with E-state index in [0.29, 0.717) is 13.2 Å². The SMILES string of the molecule is CCOC(=O)C(C)Sc1cccc(CN)c1. The van der Waals surface area contributed by atoms with Crippen LogP contribution in [0.4, 0.5) is 0 Å². The Bertz CT molecular complexity index is 355. The molecule has 0 fully saturated rings. The van der Waals surface area contributed by atoms with Gasteiger partial charge >= 0.3 is 5.97 Å². The fourth-order valence-electron chi connectivity index (χ4n) is 1.26. The topological polar surface area (TPSA) is 52.3 Å². The molecule has 0 saturated heterocycles. The first-order valence-corrected chi connectivity index (χ1v) is 6.17. The van der Waals surface area contributed by atoms with E-state index in [9.17, 15) is 4.79 Å². The van der Waals surface area contributed by atoms with Crippen molar-refractivity contribution in [1.82, 2.24) is 0 Å². The van der Waals surface area contributed by atoms with Crippen molar-refractivity contribution in [3.05, 3.63) is 29.8 Å². The van der Waals surface area contributed by atoms with Gasteiger partial charge < -0.3 is 10.5 Å². The van der Waals surface area contributed by atoms with Crippen LogP contribution in [0.15, 0.2) is 29.2 Å². The maximum Gasteiger partial charge on any atom is 0.319 e. The smallest absolute Gasteiger partial charge is 0.319 e. The summed E-state index contributed by atoms with van der Waals surface area (Å²) < 4.78 is 4.95. The molecule has 0 aliphatic carbocycles. The average Bonchev–Trinajstić information content (AvgIpc) is 2.29. The molecule has 1 unspecified atom stereocenters. The summed E-state index contributed by atoms with van der Waals surface area (Å²) in [7, 11) is 0. The molecule has 0 bridgehead atoms. The molecule has 0 radical (unpaired) electrons. The predicted molar refractivity (Wildman–Crippen MR) is 66.3 cm³/mol. The van der Waals surface area contributed by atoms with Crippen molar-refractivity contribution < 1.29 is 9.53 Å². The molecule has 2 N–H and O–H groups in total. The lowest BCUT2D eigenvalue weighted by Gasteiger charge is -2.10. The number of rotatable bonds is 5. The van der Waals surface area contributed by atoms with Gasteiger partial charge in [0.05, 0.1) is 6.61 Å². The van der Waals surface area contributed by atoms with E-state index >= 15 is 0 Å². The molecule has 0 aromatic heterocycles. The summed E-state index contributed by atoms with van der Waals surface area (Å²) in [5.74, 6) is -0.175. The maximum atomic E-state index is 11.4. The zero-order valence-corrected chi connectivity index (χ0v) is 10.4. The minimum atomic E-state index is -0.187. The van der Waals surface area contributed by atoms with Crippen LogP contribution in [0.1, 0.15) is 19.4 Å². The van der Waals surface area contributed by atoms with E-state index in [4.69, 9.17) is 10.5 Å². The molecular formula is C12H17NO2S. The van der Waals surface area contributed by atoms with Crippen molar-refractivity contribution in [2.45, 2.75) is 30.5 Å². The first kappa shape index (κ1) is 13.1. The van der Waals surface area contributed by atoms with Gasteiger partial charge in [-0.2, -0.15) is 0 Å². The minimum Gasteiger partial charge on any atom is -0.465 e. The highest BCUT2D eigenvalue weighted by Crippen LogP contribution is 2.24. The fourth-order valence-corrected chi connectivity index (χ4v) is 2.21. The van der Waals surface area contributed by atoms with Crippen molar-refractivity contribution in [2.75, 3.05) is 6.61 Å². The summed E-state index contributed by atoms with van der Waals surface area (Å²) in [5.41, 5.74) is 6.63. The standard InChI is InChI=1S/C12H17NO2S/c1-3-15-12(14)9(2)16-11-6-4-5-10(7-11)8-13/h4-7,9H,3,8,13H2,1-2H3. The Hall–Kier alpha value is -1.00. The van der Waals surface area contributed by atoms with Crippen LogP contribution in [0.2, 0.25) is 0 Å². The number of nitrogens with two attached hydrogens (primary N) is 1. The van der Waals surface area contributed by atoms with Crippen LogP contribution < -0.4 is 5.73 Å². The largest absolute Gasteiger partial charge is 0.465 e. The number of carbonyl (C=O) groups is 1. The Labute approximate surface area is 100 Å². The second kappa shape index (κ2) is 6.55. The molecule has 0 spiro atoms. The van der Waals surface area contributed by atoms with Crippen molar-refractivity contribution in [3.63, 3.8) is 0 Å². The molecular weight excluding hydrogens is 222 g/mol. The molecule has 3 nitrogen and oxygen atoms in total. The number of hydrogen-bond donors (Lipinski definition) is 1. The summed E-state index contributed by atoms with van der Waals surface area (Å²) in [6.07, 6.45) is 0. The van der Waals surface area contributed by atoms with Crippen molar-refractivity contribution in [3.8, 4) is 0 Å². The van der Waals surface area contributed by atoms with Crippen molar-refractivity contribution in [1.29, 1.82) is 0 Å². The highest BCUT2D eigenvalue weighted by atomic mass is 32.2. The van der Waals surface area contributed by atoms with Crippen LogP contribution in [0, 0.1) is 0 Å². The lowest BCUT2D eigenvalue weighted by atomic mass is 10.2. The molecule has 0 aliphatic heterocycles. The van der Waals surface area contributed by atoms with Gasteiger partial charge in [0.2, 0.25) is 0 Å². The molecule has 1 aromatic carbocycles. The van der Waals surface area contributed by atoms with Crippen molar-refractivity contribution in [2.24, 2.45) is 5.73 Å². The number of thioether (sulfide) groups is 1. The molecule has 16 heavy (non-hydrogen) atoms. The summed E-state index contributed by atoms with van der Waals surface area (Å²) in [4.78, 5) is 12.5. The number of esters is 1. The van der Waals surface area contributed by atoms with Gasteiger partial charge in [0.25, 0.3) is 0 Å². The van der Waals surface area contributed by atoms with Gasteiger partial charge in [0.15, 0.2) is 0 Å². The summed E-state index contributed by atoms with van der Waals surface area (Å²) in [6, 6.07) is 7.89. The van der Waals surface area contributed by atoms with Crippen LogP contribution in [-0.4, -0.2) is 17.8 Å². The number of ether oxygens (including phenoxy) is 1. The Morgan fingerprint density at radius 2 is 2.31 bits per heavy atom. The van der Waals surface area contributed by atoms with Gasteiger partial charge in [-0.1, -0.05) is 12.1 Å². The van der Waals surface area contributed by atoms with Crippen LogP contribution >= 0.6 is 11.8 Å². The average molecular weight is 239 g/mol. The molecule has 0 aliphatic rings. The van der Waals surface area contributed by atoms with Gasteiger partial charge in [0, 0.05) is 11.4 Å². The monoisotopic (exact) mass is 239 g/mol. The third-order valence-electron chi connectivity index (χ3n) is 2.07. The highest BCUT2D eigenvalue weighted by molar-refractivity contribution is 8.00. The number of hydrogen-bond acceptors (Lipinski definition) is 4. The number of benzene rings is 1. The molecule has 1 rings (SSSR count). The third-order valence-corrected chi connectivity index (χ3v) is 3.14. The van der Waals surface area contributed by atoms with E-state index in [1.807, 2.05) is 38.1 Å². The maximum absolute atomic E-state index is 11.4. The van der Waals surface area contributed by atoms with Gasteiger partial charge in [-0.3, -0.25) is 4.79 Å². The quantitative estimate of drug-likeness (QED) is 0.632. The molecule has 1 atom stereocenters. The van der Waals surface area contributed by atoms with E-state index in [2.05, 4.69) is 0 Å². The summed E-state index contributed by atoms with van der Waals surface area (Å²) >= 11 is 1.49. The van der Waals surface area contributed by atoms with Crippen molar-refractivity contribution >= 4 is 17.7 Å². The summed E-state index contributed by atoms with van der Waals surface area (Å²) in [6.45, 7) is 4.59. The van der Waals surface area contributed by atoms with Crippen LogP contribution in [0.5, 0.6) is 0 Å². The van der Waals surface area contributed by atoms with Crippen LogP contribution in [0.25, 0.3) is 0 Å². The zero-order chi connectivity index (χ0) is 12.0. The molecule has 0 heterocycles. The van der Waals surface area contributed by atoms with Crippen LogP contribution in [0.3, 0.4) is 0 Å². The van der Waals surface area contributed by atoms with Crippen LogP contribution in [-0.2, 0) is 16.1 Å². The van der Waals surface area contributed by atoms with E-state index in [0.717, 1.165) is 10.5 Å². The van der Waals surface area contributed by atoms with Gasteiger partial charge in [-0.25, -0.2) is 0 Å². The normalized spacial score (nSPS) is 12.2. The van der Waals surface area contributed by atoms with E-state index in [1.165, 1.54) is 11.8 Å². The lowest BCUT2D eigenvalue weighted by molar-refractivity contribution is -0.142. The Balaban J connectivity index is 2.61. The Kier molecular flexibility index (Phi) is 5.35. The summed E-state index contributed by atoms with van der Waals surface area (Å²) in [5, 5.41) is -0.187. The molecule has 0 amide bonds. The molecule has 1 aromatic rings. The minimum absolute atomic E-state index is 0.175. The molecule has 0 saturated carbocycles.